The smallest absolute Gasteiger partial charge is 0.0402 e. The van der Waals surface area contributed by atoms with Crippen LogP contribution in [0.25, 0.3) is 0 Å². The summed E-state index contributed by atoms with van der Waals surface area (Å²) in [5.41, 5.74) is 7.27. The molecule has 14 heavy (non-hydrogen) atoms. The molecule has 2 atom stereocenters. The Hall–Kier alpha value is -0.930. The molecule has 0 bridgehead atoms. The minimum atomic E-state index is 0.184. The van der Waals surface area contributed by atoms with Gasteiger partial charge in [0.1, 0.15) is 0 Å². The maximum absolute atomic E-state index is 5.84. The lowest BCUT2D eigenvalue weighted by molar-refractivity contribution is 0.294. The fourth-order valence-electron chi connectivity index (χ4n) is 2.18. The number of nitrogens with one attached hydrogen (secondary N) is 1. The van der Waals surface area contributed by atoms with Crippen LogP contribution in [-0.4, -0.2) is 18.1 Å². The second-order valence-electron chi connectivity index (χ2n) is 4.28. The Morgan fingerprint density at radius 1 is 1.71 bits per heavy atom. The summed E-state index contributed by atoms with van der Waals surface area (Å²) in [6.45, 7) is 4.01. The minimum absolute atomic E-state index is 0.184. The van der Waals surface area contributed by atoms with E-state index in [0.717, 1.165) is 19.5 Å². The maximum Gasteiger partial charge on any atom is 0.0402 e. The molecule has 3 N–H and O–H groups in total. The van der Waals surface area contributed by atoms with Crippen LogP contribution >= 0.6 is 0 Å². The Kier molecular flexibility index (Phi) is 2.52. The largest absolute Gasteiger partial charge is 0.330 e. The van der Waals surface area contributed by atoms with Crippen LogP contribution in [0.15, 0.2) is 24.5 Å². The van der Waals surface area contributed by atoms with E-state index in [4.69, 9.17) is 5.73 Å². The molecule has 0 radical (unpaired) electrons. The van der Waals surface area contributed by atoms with E-state index in [1.807, 2.05) is 12.3 Å². The third-order valence-electron chi connectivity index (χ3n) is 3.23. The molecular formula is C11H17N3. The topological polar surface area (TPSA) is 50.9 Å². The zero-order valence-electron chi connectivity index (χ0n) is 8.53. The second-order valence-corrected chi connectivity index (χ2v) is 4.28. The number of rotatable bonds is 2. The van der Waals surface area contributed by atoms with Gasteiger partial charge in [-0.05, 0) is 31.1 Å². The van der Waals surface area contributed by atoms with Crippen molar-refractivity contribution in [3.8, 4) is 0 Å². The van der Waals surface area contributed by atoms with Gasteiger partial charge in [-0.25, -0.2) is 0 Å². The first kappa shape index (κ1) is 9.62. The van der Waals surface area contributed by atoms with Crippen LogP contribution in [0, 0.1) is 5.41 Å². The minimum Gasteiger partial charge on any atom is -0.330 e. The van der Waals surface area contributed by atoms with Crippen LogP contribution in [0.1, 0.15) is 24.9 Å². The summed E-state index contributed by atoms with van der Waals surface area (Å²) in [5.74, 6) is 0. The summed E-state index contributed by atoms with van der Waals surface area (Å²) < 4.78 is 0. The van der Waals surface area contributed by atoms with E-state index in [9.17, 15) is 0 Å². The van der Waals surface area contributed by atoms with Crippen LogP contribution in [0.2, 0.25) is 0 Å². The summed E-state index contributed by atoms with van der Waals surface area (Å²) >= 11 is 0. The summed E-state index contributed by atoms with van der Waals surface area (Å²) in [6, 6.07) is 4.46. The Balaban J connectivity index is 2.26. The van der Waals surface area contributed by atoms with Gasteiger partial charge in [0.15, 0.2) is 0 Å². The number of nitrogens with two attached hydrogens (primary N) is 1. The predicted molar refractivity (Wildman–Crippen MR) is 56.8 cm³/mol. The Morgan fingerprint density at radius 3 is 3.21 bits per heavy atom. The van der Waals surface area contributed by atoms with Gasteiger partial charge < -0.3 is 11.1 Å². The summed E-state index contributed by atoms with van der Waals surface area (Å²) in [4.78, 5) is 4.15. The first-order valence-electron chi connectivity index (χ1n) is 5.10. The average Bonchev–Trinajstić information content (AvgIpc) is 2.63. The van der Waals surface area contributed by atoms with Crippen LogP contribution in [0.4, 0.5) is 0 Å². The van der Waals surface area contributed by atoms with E-state index in [2.05, 4.69) is 23.3 Å². The van der Waals surface area contributed by atoms with E-state index in [1.165, 1.54) is 5.56 Å². The molecule has 1 aliphatic heterocycles. The molecule has 2 heterocycles. The molecular weight excluding hydrogens is 174 g/mol. The molecule has 76 valence electrons. The van der Waals surface area contributed by atoms with E-state index in [-0.39, 0.29) is 5.41 Å². The molecule has 0 amide bonds. The number of aromatic nitrogens is 1. The monoisotopic (exact) mass is 191 g/mol. The van der Waals surface area contributed by atoms with Crippen molar-refractivity contribution in [1.29, 1.82) is 0 Å². The molecule has 0 unspecified atom stereocenters. The van der Waals surface area contributed by atoms with Crippen molar-refractivity contribution in [2.24, 2.45) is 11.1 Å². The van der Waals surface area contributed by atoms with Crippen molar-refractivity contribution in [1.82, 2.24) is 10.3 Å². The van der Waals surface area contributed by atoms with Crippen LogP contribution in [-0.2, 0) is 0 Å². The lowest BCUT2D eigenvalue weighted by Gasteiger charge is -2.29. The third-order valence-corrected chi connectivity index (χ3v) is 3.23. The van der Waals surface area contributed by atoms with Gasteiger partial charge in [-0.3, -0.25) is 4.98 Å². The number of hydrogen-bond acceptors (Lipinski definition) is 3. The number of pyridine rings is 1. The normalized spacial score (nSPS) is 32.0. The molecule has 0 aliphatic carbocycles. The highest BCUT2D eigenvalue weighted by atomic mass is 15.0. The van der Waals surface area contributed by atoms with Gasteiger partial charge in [-0.1, -0.05) is 13.0 Å². The maximum atomic E-state index is 5.84. The molecule has 1 aromatic rings. The van der Waals surface area contributed by atoms with Gasteiger partial charge in [0.2, 0.25) is 0 Å². The van der Waals surface area contributed by atoms with Gasteiger partial charge in [-0.2, -0.15) is 0 Å². The van der Waals surface area contributed by atoms with Crippen LogP contribution in [0.3, 0.4) is 0 Å². The van der Waals surface area contributed by atoms with Crippen LogP contribution < -0.4 is 11.1 Å². The van der Waals surface area contributed by atoms with E-state index in [1.54, 1.807) is 6.20 Å². The molecule has 3 heteroatoms. The fraction of sp³-hybridized carbons (Fsp3) is 0.545. The molecule has 2 rings (SSSR count). The first-order chi connectivity index (χ1) is 6.76. The molecule has 1 aliphatic rings. The highest BCUT2D eigenvalue weighted by Crippen LogP contribution is 2.39. The second kappa shape index (κ2) is 3.67. The Labute approximate surface area is 84.7 Å². The predicted octanol–water partition coefficient (Wildman–Crippen LogP) is 1.08. The molecule has 0 aromatic carbocycles. The quantitative estimate of drug-likeness (QED) is 0.735. The first-order valence-corrected chi connectivity index (χ1v) is 5.10. The van der Waals surface area contributed by atoms with Gasteiger partial charge in [0.05, 0.1) is 0 Å². The zero-order valence-corrected chi connectivity index (χ0v) is 8.53. The van der Waals surface area contributed by atoms with E-state index >= 15 is 0 Å². The average molecular weight is 191 g/mol. The summed E-state index contributed by atoms with van der Waals surface area (Å²) in [6.07, 6.45) is 4.87. The zero-order chi connectivity index (χ0) is 10.0. The van der Waals surface area contributed by atoms with Crippen molar-refractivity contribution >= 4 is 0 Å². The van der Waals surface area contributed by atoms with Gasteiger partial charge in [0, 0.05) is 23.9 Å². The molecule has 0 spiro atoms. The fourth-order valence-corrected chi connectivity index (χ4v) is 2.18. The molecule has 1 fully saturated rings. The third kappa shape index (κ3) is 1.53. The van der Waals surface area contributed by atoms with Gasteiger partial charge in [-0.15, -0.1) is 0 Å². The Morgan fingerprint density at radius 2 is 2.57 bits per heavy atom. The van der Waals surface area contributed by atoms with Crippen LogP contribution in [0.5, 0.6) is 0 Å². The van der Waals surface area contributed by atoms with Crippen molar-refractivity contribution in [3.05, 3.63) is 30.1 Å². The molecule has 3 nitrogen and oxygen atoms in total. The lowest BCUT2D eigenvalue weighted by Crippen LogP contribution is -2.33. The van der Waals surface area contributed by atoms with E-state index in [0.29, 0.717) is 6.04 Å². The Bertz CT molecular complexity index is 299. The highest BCUT2D eigenvalue weighted by Gasteiger charge is 2.38. The summed E-state index contributed by atoms with van der Waals surface area (Å²) in [5, 5.41) is 3.49. The highest BCUT2D eigenvalue weighted by molar-refractivity contribution is 5.19. The van der Waals surface area contributed by atoms with Crippen molar-refractivity contribution in [2.45, 2.75) is 19.4 Å². The number of hydrogen-bond donors (Lipinski definition) is 2. The van der Waals surface area contributed by atoms with Crippen molar-refractivity contribution in [2.75, 3.05) is 13.1 Å². The summed E-state index contributed by atoms with van der Waals surface area (Å²) in [7, 11) is 0. The lowest BCUT2D eigenvalue weighted by atomic mass is 9.80. The molecule has 1 saturated heterocycles. The van der Waals surface area contributed by atoms with Gasteiger partial charge >= 0.3 is 0 Å². The SMILES string of the molecule is C[C@@]1(CN)CCN[C@@H]1c1cccnc1. The standard InChI is InChI=1S/C11H17N3/c1-11(8-12)4-6-14-10(11)9-3-2-5-13-7-9/h2-3,5,7,10,14H,4,6,8,12H2,1H3/t10-,11+/m1/s1. The van der Waals surface area contributed by atoms with Crippen molar-refractivity contribution < 1.29 is 0 Å². The molecule has 1 aromatic heterocycles. The van der Waals surface area contributed by atoms with Crippen molar-refractivity contribution in [3.63, 3.8) is 0 Å². The van der Waals surface area contributed by atoms with E-state index < -0.39 is 0 Å². The molecule has 0 saturated carbocycles. The van der Waals surface area contributed by atoms with Gasteiger partial charge in [0.25, 0.3) is 0 Å². The number of nitrogens with zero attached hydrogens (tertiary/aromatic N) is 1.